The lowest BCUT2D eigenvalue weighted by Crippen LogP contribution is -2.43. The number of rotatable bonds is 3. The Labute approximate surface area is 94.2 Å². The molecular weight excluding hydrogens is 206 g/mol. The Kier molecular flexibility index (Phi) is 3.48. The van der Waals surface area contributed by atoms with Crippen molar-refractivity contribution in [1.29, 1.82) is 0 Å². The first kappa shape index (κ1) is 11.0. The third-order valence-corrected chi connectivity index (χ3v) is 2.72. The number of ether oxygens (including phenoxy) is 1. The topological polar surface area (TPSA) is 63.2 Å². The van der Waals surface area contributed by atoms with Gasteiger partial charge in [-0.25, -0.2) is 0 Å². The zero-order valence-electron chi connectivity index (χ0n) is 9.14. The van der Waals surface area contributed by atoms with Crippen molar-refractivity contribution in [3.8, 4) is 0 Å². The minimum atomic E-state index is -0.0850. The number of nitrogens with zero attached hydrogens (tertiary/aromatic N) is 1. The average Bonchev–Trinajstić information content (AvgIpc) is 2.77. The Morgan fingerprint density at radius 3 is 2.94 bits per heavy atom. The van der Waals surface area contributed by atoms with Crippen LogP contribution in [0.3, 0.4) is 0 Å². The van der Waals surface area contributed by atoms with Crippen LogP contribution in [0.1, 0.15) is 10.4 Å². The predicted molar refractivity (Wildman–Crippen MR) is 59.2 cm³/mol. The monoisotopic (exact) mass is 221 g/mol. The first-order valence-corrected chi connectivity index (χ1v) is 5.25. The van der Waals surface area contributed by atoms with E-state index in [4.69, 9.17) is 4.74 Å². The number of amides is 1. The van der Waals surface area contributed by atoms with E-state index >= 15 is 0 Å². The number of carbonyl (C=O) groups is 1. The summed E-state index contributed by atoms with van der Waals surface area (Å²) in [6.07, 6.45) is 3.26. The van der Waals surface area contributed by atoms with Crippen molar-refractivity contribution in [3.63, 3.8) is 0 Å². The van der Waals surface area contributed by atoms with Crippen LogP contribution >= 0.6 is 0 Å². The van der Waals surface area contributed by atoms with E-state index in [2.05, 4.69) is 15.6 Å². The Hall–Kier alpha value is -1.46. The molecule has 0 saturated carbocycles. The Morgan fingerprint density at radius 1 is 1.50 bits per heavy atom. The minimum Gasteiger partial charge on any atom is -0.378 e. The summed E-state index contributed by atoms with van der Waals surface area (Å²) >= 11 is 0. The lowest BCUT2D eigenvalue weighted by atomic mass is 10.2. The van der Waals surface area contributed by atoms with Crippen molar-refractivity contribution in [2.24, 2.45) is 0 Å². The summed E-state index contributed by atoms with van der Waals surface area (Å²) in [5.74, 6) is -0.0850. The second-order valence-electron chi connectivity index (χ2n) is 3.75. The van der Waals surface area contributed by atoms with Crippen LogP contribution in [0.25, 0.3) is 0 Å². The highest BCUT2D eigenvalue weighted by Crippen LogP contribution is 2.05. The molecule has 0 radical (unpaired) electrons. The molecule has 5 nitrogen and oxygen atoms in total. The zero-order chi connectivity index (χ0) is 11.4. The first-order chi connectivity index (χ1) is 7.81. The predicted octanol–water partition coefficient (Wildman–Crippen LogP) is -0.202. The fourth-order valence-corrected chi connectivity index (χ4v) is 1.80. The van der Waals surface area contributed by atoms with Gasteiger partial charge in [0, 0.05) is 38.2 Å². The maximum absolute atomic E-state index is 11.8. The van der Waals surface area contributed by atoms with Gasteiger partial charge in [0.05, 0.1) is 12.1 Å². The summed E-state index contributed by atoms with van der Waals surface area (Å²) in [5, 5.41) is 6.12. The van der Waals surface area contributed by atoms with Gasteiger partial charge in [-0.2, -0.15) is 0 Å². The van der Waals surface area contributed by atoms with Crippen LogP contribution in [0.5, 0.6) is 0 Å². The lowest BCUT2D eigenvalue weighted by Gasteiger charge is -2.18. The Bertz CT molecular complexity index is 356. The smallest absolute Gasteiger partial charge is 0.251 e. The second-order valence-corrected chi connectivity index (χ2v) is 3.75. The number of pyridine rings is 1. The number of hydrogen-bond acceptors (Lipinski definition) is 4. The fraction of sp³-hybridized carbons (Fsp3) is 0.455. The molecule has 1 aliphatic heterocycles. The number of methoxy groups -OCH3 is 1. The molecule has 0 bridgehead atoms. The maximum Gasteiger partial charge on any atom is 0.251 e. The molecule has 0 spiro atoms. The molecule has 2 N–H and O–H groups in total. The number of carbonyl (C=O) groups excluding carboxylic acids is 1. The van der Waals surface area contributed by atoms with E-state index in [1.807, 2.05) is 0 Å². The molecule has 0 aliphatic carbocycles. The molecule has 1 aliphatic rings. The summed E-state index contributed by atoms with van der Waals surface area (Å²) < 4.78 is 5.27. The van der Waals surface area contributed by atoms with Crippen molar-refractivity contribution >= 4 is 5.91 Å². The molecule has 1 fully saturated rings. The summed E-state index contributed by atoms with van der Waals surface area (Å²) in [4.78, 5) is 15.7. The molecule has 16 heavy (non-hydrogen) atoms. The zero-order valence-corrected chi connectivity index (χ0v) is 9.14. The van der Waals surface area contributed by atoms with Gasteiger partial charge in [-0.15, -0.1) is 0 Å². The van der Waals surface area contributed by atoms with Crippen LogP contribution in [-0.2, 0) is 4.74 Å². The summed E-state index contributed by atoms with van der Waals surface area (Å²) in [6.45, 7) is 1.52. The molecular formula is C11H15N3O2. The van der Waals surface area contributed by atoms with Crippen LogP contribution in [0.2, 0.25) is 0 Å². The molecule has 86 valence electrons. The van der Waals surface area contributed by atoms with Gasteiger partial charge in [0.15, 0.2) is 0 Å². The molecule has 5 heteroatoms. The van der Waals surface area contributed by atoms with E-state index in [1.54, 1.807) is 31.6 Å². The molecule has 2 rings (SSSR count). The molecule has 2 unspecified atom stereocenters. The number of hydrogen-bond donors (Lipinski definition) is 2. The third kappa shape index (κ3) is 2.37. The molecule has 1 aromatic heterocycles. The highest BCUT2D eigenvalue weighted by molar-refractivity contribution is 5.94. The minimum absolute atomic E-state index is 0.0330. The van der Waals surface area contributed by atoms with E-state index in [0.29, 0.717) is 5.56 Å². The molecule has 1 amide bonds. The highest BCUT2D eigenvalue weighted by Gasteiger charge is 2.28. The largest absolute Gasteiger partial charge is 0.378 e. The van der Waals surface area contributed by atoms with Gasteiger partial charge in [-0.3, -0.25) is 9.78 Å². The van der Waals surface area contributed by atoms with Crippen molar-refractivity contribution < 1.29 is 9.53 Å². The van der Waals surface area contributed by atoms with Gasteiger partial charge in [0.25, 0.3) is 5.91 Å². The van der Waals surface area contributed by atoms with Crippen LogP contribution in [0, 0.1) is 0 Å². The van der Waals surface area contributed by atoms with Gasteiger partial charge in [0.2, 0.25) is 0 Å². The van der Waals surface area contributed by atoms with Gasteiger partial charge in [-0.1, -0.05) is 0 Å². The Balaban J connectivity index is 1.97. The first-order valence-electron chi connectivity index (χ1n) is 5.25. The maximum atomic E-state index is 11.8. The van der Waals surface area contributed by atoms with Gasteiger partial charge in [-0.05, 0) is 12.1 Å². The van der Waals surface area contributed by atoms with Crippen LogP contribution in [0.15, 0.2) is 24.5 Å². The Morgan fingerprint density at radius 2 is 2.25 bits per heavy atom. The molecule has 2 atom stereocenters. The van der Waals surface area contributed by atoms with Gasteiger partial charge >= 0.3 is 0 Å². The van der Waals surface area contributed by atoms with E-state index < -0.39 is 0 Å². The summed E-state index contributed by atoms with van der Waals surface area (Å²) in [7, 11) is 1.66. The summed E-state index contributed by atoms with van der Waals surface area (Å²) in [5.41, 5.74) is 0.622. The third-order valence-electron chi connectivity index (χ3n) is 2.72. The molecule has 1 aromatic rings. The van der Waals surface area contributed by atoms with Crippen molar-refractivity contribution in [3.05, 3.63) is 30.1 Å². The highest BCUT2D eigenvalue weighted by atomic mass is 16.5. The average molecular weight is 221 g/mol. The SMILES string of the molecule is COC1CNCC1NC(=O)c1ccncc1. The van der Waals surface area contributed by atoms with Crippen LogP contribution < -0.4 is 10.6 Å². The van der Waals surface area contributed by atoms with Gasteiger partial charge < -0.3 is 15.4 Å². The van der Waals surface area contributed by atoms with Gasteiger partial charge in [0.1, 0.15) is 0 Å². The number of aromatic nitrogens is 1. The van der Waals surface area contributed by atoms with Crippen molar-refractivity contribution in [1.82, 2.24) is 15.6 Å². The quantitative estimate of drug-likeness (QED) is 0.742. The van der Waals surface area contributed by atoms with E-state index in [9.17, 15) is 4.79 Å². The van der Waals surface area contributed by atoms with Crippen LogP contribution in [-0.4, -0.2) is 43.2 Å². The summed E-state index contributed by atoms with van der Waals surface area (Å²) in [6, 6.07) is 3.42. The lowest BCUT2D eigenvalue weighted by molar-refractivity contribution is 0.0780. The molecule has 1 saturated heterocycles. The number of nitrogens with one attached hydrogen (secondary N) is 2. The normalized spacial score (nSPS) is 24.3. The van der Waals surface area contributed by atoms with E-state index in [0.717, 1.165) is 13.1 Å². The van der Waals surface area contributed by atoms with E-state index in [1.165, 1.54) is 0 Å². The standard InChI is InChI=1S/C11H15N3O2/c1-16-10-7-13-6-9(10)14-11(15)8-2-4-12-5-3-8/h2-5,9-10,13H,6-7H2,1H3,(H,14,15). The van der Waals surface area contributed by atoms with Crippen molar-refractivity contribution in [2.45, 2.75) is 12.1 Å². The van der Waals surface area contributed by atoms with E-state index in [-0.39, 0.29) is 18.1 Å². The van der Waals surface area contributed by atoms with Crippen LogP contribution in [0.4, 0.5) is 0 Å². The molecule has 0 aromatic carbocycles. The second kappa shape index (κ2) is 5.05. The molecule has 2 heterocycles. The van der Waals surface area contributed by atoms with Crippen molar-refractivity contribution in [2.75, 3.05) is 20.2 Å². The fourth-order valence-electron chi connectivity index (χ4n) is 1.80.